The average Bonchev–Trinajstić information content (AvgIpc) is 2.76. The van der Waals surface area contributed by atoms with Crippen LogP contribution in [0.1, 0.15) is 51.4 Å². The molecule has 3 atom stereocenters. The van der Waals surface area contributed by atoms with Crippen LogP contribution in [-0.4, -0.2) is 21.0 Å². The molecule has 1 aromatic heterocycles. The molecule has 0 radical (unpaired) electrons. The maximum Gasteiger partial charge on any atom is 0.0624 e. The van der Waals surface area contributed by atoms with Gasteiger partial charge >= 0.3 is 0 Å². The number of aliphatic hydroxyl groups is 1. The predicted molar refractivity (Wildman–Crippen MR) is 73.5 cm³/mol. The summed E-state index contributed by atoms with van der Waals surface area (Å²) in [7, 11) is 0. The zero-order chi connectivity index (χ0) is 13.1. The van der Waals surface area contributed by atoms with Crippen LogP contribution in [0.4, 0.5) is 0 Å². The molecule has 0 aromatic carbocycles. The van der Waals surface area contributed by atoms with E-state index in [1.54, 1.807) is 0 Å². The molecule has 1 saturated carbocycles. The van der Waals surface area contributed by atoms with Crippen LogP contribution in [0.2, 0.25) is 0 Å². The molecule has 0 bridgehead atoms. The van der Waals surface area contributed by atoms with Gasteiger partial charge in [-0.1, -0.05) is 13.8 Å². The molecule has 2 rings (SSSR count). The van der Waals surface area contributed by atoms with Crippen LogP contribution < -0.4 is 0 Å². The van der Waals surface area contributed by atoms with Crippen molar-refractivity contribution < 1.29 is 5.11 Å². The van der Waals surface area contributed by atoms with Crippen molar-refractivity contribution in [2.45, 2.75) is 65.5 Å². The lowest BCUT2D eigenvalue weighted by Crippen LogP contribution is -2.30. The van der Waals surface area contributed by atoms with E-state index in [9.17, 15) is 5.11 Å². The molecule has 3 nitrogen and oxygen atoms in total. The van der Waals surface area contributed by atoms with E-state index in [-0.39, 0.29) is 6.10 Å². The Morgan fingerprint density at radius 1 is 1.39 bits per heavy atom. The molecule has 3 heteroatoms. The Balaban J connectivity index is 2.09. The van der Waals surface area contributed by atoms with Crippen molar-refractivity contribution in [3.63, 3.8) is 0 Å². The second-order valence-electron chi connectivity index (χ2n) is 5.75. The summed E-state index contributed by atoms with van der Waals surface area (Å²) >= 11 is 0. The van der Waals surface area contributed by atoms with Gasteiger partial charge in [0.1, 0.15) is 0 Å². The van der Waals surface area contributed by atoms with Crippen molar-refractivity contribution in [3.05, 3.63) is 17.5 Å². The highest BCUT2D eigenvalue weighted by Crippen LogP contribution is 2.31. The lowest BCUT2D eigenvalue weighted by molar-refractivity contribution is 0.0509. The summed E-state index contributed by atoms with van der Waals surface area (Å²) in [6.45, 7) is 7.50. The lowest BCUT2D eigenvalue weighted by Gasteiger charge is -2.31. The van der Waals surface area contributed by atoms with Gasteiger partial charge in [0, 0.05) is 12.2 Å². The monoisotopic (exact) mass is 250 g/mol. The van der Waals surface area contributed by atoms with Crippen LogP contribution in [0.5, 0.6) is 0 Å². The van der Waals surface area contributed by atoms with Crippen molar-refractivity contribution in [1.29, 1.82) is 0 Å². The molecule has 18 heavy (non-hydrogen) atoms. The highest BCUT2D eigenvalue weighted by molar-refractivity contribution is 5.12. The van der Waals surface area contributed by atoms with Crippen LogP contribution in [0.3, 0.4) is 0 Å². The fraction of sp³-hybridized carbons (Fsp3) is 0.800. The van der Waals surface area contributed by atoms with Gasteiger partial charge in [-0.2, -0.15) is 5.10 Å². The molecule has 3 unspecified atom stereocenters. The Hall–Kier alpha value is -0.830. The maximum atomic E-state index is 10.1. The summed E-state index contributed by atoms with van der Waals surface area (Å²) in [6.07, 6.45) is 5.14. The van der Waals surface area contributed by atoms with Crippen molar-refractivity contribution >= 4 is 0 Å². The van der Waals surface area contributed by atoms with E-state index in [1.165, 1.54) is 17.8 Å². The average molecular weight is 250 g/mol. The zero-order valence-electron chi connectivity index (χ0n) is 11.9. The number of hydrogen-bond donors (Lipinski definition) is 1. The van der Waals surface area contributed by atoms with E-state index in [4.69, 9.17) is 0 Å². The van der Waals surface area contributed by atoms with E-state index in [0.29, 0.717) is 5.92 Å². The molecular weight excluding hydrogens is 224 g/mol. The normalized spacial score (nSPS) is 28.6. The molecule has 1 aromatic rings. The fourth-order valence-electron chi connectivity index (χ4n) is 3.10. The maximum absolute atomic E-state index is 10.1. The molecule has 102 valence electrons. The third-order valence-corrected chi connectivity index (χ3v) is 4.25. The van der Waals surface area contributed by atoms with Crippen LogP contribution in [-0.2, 0) is 19.4 Å². The van der Waals surface area contributed by atoms with Crippen molar-refractivity contribution in [2.24, 2.45) is 11.8 Å². The summed E-state index contributed by atoms with van der Waals surface area (Å²) in [4.78, 5) is 0. The third-order valence-electron chi connectivity index (χ3n) is 4.25. The summed E-state index contributed by atoms with van der Waals surface area (Å²) in [5.41, 5.74) is 2.47. The highest BCUT2D eigenvalue weighted by Gasteiger charge is 2.28. The Morgan fingerprint density at radius 2 is 2.17 bits per heavy atom. The van der Waals surface area contributed by atoms with Gasteiger partial charge in [0.05, 0.1) is 11.8 Å². The molecule has 0 saturated heterocycles. The van der Waals surface area contributed by atoms with Gasteiger partial charge in [-0.05, 0) is 56.9 Å². The van der Waals surface area contributed by atoms with E-state index in [1.807, 2.05) is 0 Å². The summed E-state index contributed by atoms with van der Waals surface area (Å²) < 4.78 is 2.10. The molecule has 1 fully saturated rings. The third kappa shape index (κ3) is 2.94. The molecule has 1 heterocycles. The highest BCUT2D eigenvalue weighted by atomic mass is 16.3. The van der Waals surface area contributed by atoms with Gasteiger partial charge < -0.3 is 5.11 Å². The number of rotatable bonds is 4. The Morgan fingerprint density at radius 3 is 2.83 bits per heavy atom. The minimum Gasteiger partial charge on any atom is -0.393 e. The van der Waals surface area contributed by atoms with Crippen LogP contribution >= 0.6 is 0 Å². The molecule has 1 N–H and O–H groups in total. The van der Waals surface area contributed by atoms with Gasteiger partial charge in [-0.3, -0.25) is 4.68 Å². The van der Waals surface area contributed by atoms with Crippen molar-refractivity contribution in [3.8, 4) is 0 Å². The lowest BCUT2D eigenvalue weighted by atomic mass is 9.78. The topological polar surface area (TPSA) is 38.0 Å². The van der Waals surface area contributed by atoms with Crippen LogP contribution in [0.15, 0.2) is 6.07 Å². The molecule has 0 aliphatic heterocycles. The van der Waals surface area contributed by atoms with Gasteiger partial charge in [-0.15, -0.1) is 0 Å². The molecule has 1 aliphatic rings. The first kappa shape index (κ1) is 13.6. The van der Waals surface area contributed by atoms with E-state index in [2.05, 4.69) is 36.6 Å². The van der Waals surface area contributed by atoms with E-state index >= 15 is 0 Å². The Bertz CT molecular complexity index is 386. The van der Waals surface area contributed by atoms with Gasteiger partial charge in [-0.25, -0.2) is 0 Å². The Labute approximate surface area is 110 Å². The van der Waals surface area contributed by atoms with Gasteiger partial charge in [0.15, 0.2) is 0 Å². The zero-order valence-corrected chi connectivity index (χ0v) is 11.9. The molecule has 1 aliphatic carbocycles. The quantitative estimate of drug-likeness (QED) is 0.892. The van der Waals surface area contributed by atoms with E-state index < -0.39 is 0 Å². The fourth-order valence-corrected chi connectivity index (χ4v) is 3.10. The summed E-state index contributed by atoms with van der Waals surface area (Å²) in [6, 6.07) is 2.22. The summed E-state index contributed by atoms with van der Waals surface area (Å²) in [5, 5.41) is 14.7. The molecule has 0 amide bonds. The first-order chi connectivity index (χ1) is 8.63. The standard InChI is InChI=1S/C15H26N2O/c1-4-13-10-14(17(5-2)16-13)9-12-8-11(3)6-7-15(12)18/h10-12,15,18H,4-9H2,1-3H3. The van der Waals surface area contributed by atoms with E-state index in [0.717, 1.165) is 38.1 Å². The first-order valence-electron chi connectivity index (χ1n) is 7.37. The smallest absolute Gasteiger partial charge is 0.0624 e. The van der Waals surface area contributed by atoms with Crippen molar-refractivity contribution in [1.82, 2.24) is 9.78 Å². The number of aryl methyl sites for hydroxylation is 2. The Kier molecular flexibility index (Phi) is 4.44. The number of aliphatic hydroxyl groups excluding tert-OH is 1. The second kappa shape index (κ2) is 5.87. The SMILES string of the molecule is CCc1cc(CC2CC(C)CCC2O)n(CC)n1. The predicted octanol–water partition coefficient (Wildman–Crippen LogP) is 2.81. The minimum absolute atomic E-state index is 0.119. The number of hydrogen-bond acceptors (Lipinski definition) is 2. The van der Waals surface area contributed by atoms with Crippen LogP contribution in [0.25, 0.3) is 0 Å². The second-order valence-corrected chi connectivity index (χ2v) is 5.75. The van der Waals surface area contributed by atoms with Gasteiger partial charge in [0.2, 0.25) is 0 Å². The first-order valence-corrected chi connectivity index (χ1v) is 7.37. The van der Waals surface area contributed by atoms with Crippen molar-refractivity contribution in [2.75, 3.05) is 0 Å². The molecule has 0 spiro atoms. The van der Waals surface area contributed by atoms with Crippen LogP contribution in [0, 0.1) is 11.8 Å². The largest absolute Gasteiger partial charge is 0.393 e. The molecular formula is C15H26N2O. The van der Waals surface area contributed by atoms with Gasteiger partial charge in [0.25, 0.3) is 0 Å². The minimum atomic E-state index is -0.119. The number of nitrogens with zero attached hydrogens (tertiary/aromatic N) is 2. The summed E-state index contributed by atoms with van der Waals surface area (Å²) in [5.74, 6) is 1.17. The number of aromatic nitrogens is 2.